The van der Waals surface area contributed by atoms with Crippen molar-refractivity contribution in [3.05, 3.63) is 46.5 Å². The maximum absolute atomic E-state index is 13.0. The van der Waals surface area contributed by atoms with Crippen LogP contribution in [0.1, 0.15) is 91.6 Å². The fourth-order valence-electron chi connectivity index (χ4n) is 4.75. The average Bonchev–Trinajstić information content (AvgIpc) is 2.92. The van der Waals surface area contributed by atoms with E-state index >= 15 is 0 Å². The van der Waals surface area contributed by atoms with Crippen molar-refractivity contribution in [2.75, 3.05) is 20.3 Å². The van der Waals surface area contributed by atoms with Crippen LogP contribution in [0.25, 0.3) is 0 Å². The van der Waals surface area contributed by atoms with Crippen LogP contribution in [-0.2, 0) is 22.4 Å². The second-order valence-corrected chi connectivity index (χ2v) is 10.1. The molecule has 2 aromatic carbocycles. The molecule has 2 aromatic rings. The Kier molecular flexibility index (Phi) is 10.6. The number of methoxy groups -OCH3 is 1. The summed E-state index contributed by atoms with van der Waals surface area (Å²) in [5.74, 6) is 6.84. The van der Waals surface area contributed by atoms with Crippen molar-refractivity contribution in [2.45, 2.75) is 78.2 Å². The summed E-state index contributed by atoms with van der Waals surface area (Å²) < 4.78 is 22.9. The van der Waals surface area contributed by atoms with E-state index in [4.69, 9.17) is 18.9 Å². The lowest BCUT2D eigenvalue weighted by Gasteiger charge is -2.36. The molecule has 8 heteroatoms. The van der Waals surface area contributed by atoms with Gasteiger partial charge in [0, 0.05) is 17.5 Å². The monoisotopic (exact) mass is 550 g/mol. The largest absolute Gasteiger partial charge is 0.507 e. The topological polar surface area (TPSA) is 108 Å². The highest BCUT2D eigenvalue weighted by Gasteiger charge is 2.38. The van der Waals surface area contributed by atoms with Crippen LogP contribution in [0.4, 0.5) is 0 Å². The Balaban J connectivity index is 1.70. The van der Waals surface area contributed by atoms with E-state index in [9.17, 15) is 19.5 Å². The van der Waals surface area contributed by atoms with E-state index in [1.807, 2.05) is 20.8 Å². The third-order valence-electron chi connectivity index (χ3n) is 6.83. The minimum absolute atomic E-state index is 0.0285. The summed E-state index contributed by atoms with van der Waals surface area (Å²) in [6.45, 7) is 7.46. The fourth-order valence-corrected chi connectivity index (χ4v) is 4.75. The van der Waals surface area contributed by atoms with Gasteiger partial charge in [0.15, 0.2) is 11.6 Å². The van der Waals surface area contributed by atoms with Gasteiger partial charge in [0.2, 0.25) is 0 Å². The second-order valence-electron chi connectivity index (χ2n) is 10.1. The molecule has 0 aromatic heterocycles. The van der Waals surface area contributed by atoms with Gasteiger partial charge in [-0.3, -0.25) is 14.4 Å². The highest BCUT2D eigenvalue weighted by molar-refractivity contribution is 6.01. The third-order valence-corrected chi connectivity index (χ3v) is 6.83. The van der Waals surface area contributed by atoms with Crippen molar-refractivity contribution >= 4 is 17.5 Å². The van der Waals surface area contributed by atoms with Crippen molar-refractivity contribution in [3.63, 3.8) is 0 Å². The first-order valence-corrected chi connectivity index (χ1v) is 13.7. The Labute approximate surface area is 236 Å². The van der Waals surface area contributed by atoms with Gasteiger partial charge in [0.25, 0.3) is 0 Å². The molecule has 0 saturated carbocycles. The van der Waals surface area contributed by atoms with Gasteiger partial charge in [-0.25, -0.2) is 0 Å². The Bertz CT molecular complexity index is 1320. The van der Waals surface area contributed by atoms with Crippen LogP contribution in [0.3, 0.4) is 0 Å². The molecule has 1 heterocycles. The molecule has 0 radical (unpaired) electrons. The number of fused-ring (bicyclic) bond motifs is 1. The van der Waals surface area contributed by atoms with Crippen molar-refractivity contribution in [1.29, 1.82) is 0 Å². The van der Waals surface area contributed by atoms with Crippen LogP contribution in [-0.4, -0.2) is 48.6 Å². The van der Waals surface area contributed by atoms with E-state index < -0.39 is 5.60 Å². The lowest BCUT2D eigenvalue weighted by Crippen LogP contribution is -2.40. The number of phenolic OH excluding ortho intramolecular Hbond substituents is 1. The summed E-state index contributed by atoms with van der Waals surface area (Å²) >= 11 is 0. The van der Waals surface area contributed by atoms with E-state index in [0.29, 0.717) is 47.6 Å². The summed E-state index contributed by atoms with van der Waals surface area (Å²) in [4.78, 5) is 36.4. The van der Waals surface area contributed by atoms with Crippen LogP contribution >= 0.6 is 0 Å². The Morgan fingerprint density at radius 1 is 1.00 bits per heavy atom. The molecule has 0 aliphatic carbocycles. The SMILES string of the molecule is CCCc1c(OCC#CCOc2ccc3c(c2CCC)OC(C)(CCC(=O)OC)CC3=O)ccc(C(C)=O)c1O. The molecule has 0 fully saturated rings. The number of phenols is 1. The molecule has 0 saturated heterocycles. The van der Waals surface area contributed by atoms with E-state index in [2.05, 4.69) is 11.8 Å². The minimum atomic E-state index is -0.815. The summed E-state index contributed by atoms with van der Waals surface area (Å²) in [6, 6.07) is 6.73. The zero-order valence-corrected chi connectivity index (χ0v) is 24.0. The molecule has 8 nitrogen and oxygen atoms in total. The summed E-state index contributed by atoms with van der Waals surface area (Å²) in [6.07, 6.45) is 3.53. The van der Waals surface area contributed by atoms with E-state index in [-0.39, 0.29) is 54.9 Å². The molecule has 1 aliphatic rings. The first kappa shape index (κ1) is 30.6. The van der Waals surface area contributed by atoms with Crippen LogP contribution in [0.5, 0.6) is 23.0 Å². The third kappa shape index (κ3) is 7.35. The number of hydrogen-bond acceptors (Lipinski definition) is 8. The van der Waals surface area contributed by atoms with Gasteiger partial charge in [-0.2, -0.15) is 0 Å². The number of hydrogen-bond donors (Lipinski definition) is 1. The Morgan fingerprint density at radius 3 is 2.20 bits per heavy atom. The lowest BCUT2D eigenvalue weighted by atomic mass is 9.86. The molecule has 0 spiro atoms. The molecule has 1 N–H and O–H groups in total. The van der Waals surface area contributed by atoms with Gasteiger partial charge < -0.3 is 24.1 Å². The molecule has 214 valence electrons. The van der Waals surface area contributed by atoms with Gasteiger partial charge in [-0.15, -0.1) is 0 Å². The number of carbonyl (C=O) groups is 3. The highest BCUT2D eigenvalue weighted by atomic mass is 16.5. The van der Waals surface area contributed by atoms with Crippen LogP contribution < -0.4 is 14.2 Å². The normalized spacial score (nSPS) is 15.8. The lowest BCUT2D eigenvalue weighted by molar-refractivity contribution is -0.141. The van der Waals surface area contributed by atoms with E-state index in [1.165, 1.54) is 14.0 Å². The number of Topliss-reactive ketones (excluding diaryl/α,β-unsaturated/α-hetero) is 2. The van der Waals surface area contributed by atoms with Crippen molar-refractivity contribution in [2.24, 2.45) is 0 Å². The van der Waals surface area contributed by atoms with Gasteiger partial charge >= 0.3 is 5.97 Å². The Hall–Kier alpha value is -3.99. The van der Waals surface area contributed by atoms with E-state index in [1.54, 1.807) is 24.3 Å². The zero-order chi connectivity index (χ0) is 29.3. The standard InChI is InChI=1S/C32H38O8/c1-6-10-24-27(14-12-22(21(3)33)30(24)36)38-18-8-9-19-39-28-15-13-23-26(34)20-32(4,17-16-29(35)37-5)40-31(23)25(28)11-7-2/h12-15,36H,6-7,10-11,16-20H2,1-5H3. The zero-order valence-electron chi connectivity index (χ0n) is 24.0. The number of ether oxygens (including phenoxy) is 4. The molecule has 1 unspecified atom stereocenters. The number of rotatable bonds is 12. The maximum atomic E-state index is 13.0. The molecule has 0 amide bonds. The predicted molar refractivity (Wildman–Crippen MR) is 151 cm³/mol. The van der Waals surface area contributed by atoms with Gasteiger partial charge in [-0.1, -0.05) is 38.5 Å². The number of carbonyl (C=O) groups excluding carboxylic acids is 3. The number of aromatic hydroxyl groups is 1. The average molecular weight is 551 g/mol. The molecule has 1 atom stereocenters. The van der Waals surface area contributed by atoms with Crippen LogP contribution in [0.15, 0.2) is 24.3 Å². The smallest absolute Gasteiger partial charge is 0.305 e. The molecule has 0 bridgehead atoms. The predicted octanol–water partition coefficient (Wildman–Crippen LogP) is 5.64. The van der Waals surface area contributed by atoms with Gasteiger partial charge in [0.1, 0.15) is 41.8 Å². The van der Waals surface area contributed by atoms with Crippen LogP contribution in [0.2, 0.25) is 0 Å². The molecular formula is C32H38O8. The fraction of sp³-hybridized carbons (Fsp3) is 0.469. The summed E-state index contributed by atoms with van der Waals surface area (Å²) in [5, 5.41) is 10.5. The summed E-state index contributed by atoms with van der Waals surface area (Å²) in [7, 11) is 1.34. The van der Waals surface area contributed by atoms with Gasteiger partial charge in [0.05, 0.1) is 24.7 Å². The second kappa shape index (κ2) is 13.9. The maximum Gasteiger partial charge on any atom is 0.305 e. The first-order chi connectivity index (χ1) is 19.1. The molecular weight excluding hydrogens is 512 g/mol. The molecule has 1 aliphatic heterocycles. The van der Waals surface area contributed by atoms with E-state index in [0.717, 1.165) is 18.4 Å². The number of ketones is 2. The number of benzene rings is 2. The summed E-state index contributed by atoms with van der Waals surface area (Å²) in [5.41, 5.74) is 1.38. The first-order valence-electron chi connectivity index (χ1n) is 13.7. The quantitative estimate of drug-likeness (QED) is 0.206. The Morgan fingerprint density at radius 2 is 1.60 bits per heavy atom. The molecule has 3 rings (SSSR count). The number of esters is 1. The van der Waals surface area contributed by atoms with Crippen molar-refractivity contribution < 1.29 is 38.4 Å². The minimum Gasteiger partial charge on any atom is -0.507 e. The van der Waals surface area contributed by atoms with Crippen molar-refractivity contribution in [1.82, 2.24) is 0 Å². The highest BCUT2D eigenvalue weighted by Crippen LogP contribution is 2.42. The molecule has 40 heavy (non-hydrogen) atoms. The van der Waals surface area contributed by atoms with Gasteiger partial charge in [-0.05, 0) is 57.4 Å². The van der Waals surface area contributed by atoms with Crippen molar-refractivity contribution in [3.8, 4) is 34.8 Å². The van der Waals surface area contributed by atoms with Crippen LogP contribution in [0, 0.1) is 11.8 Å².